The molecule has 0 bridgehead atoms. The highest BCUT2D eigenvalue weighted by Crippen LogP contribution is 2.43. The van der Waals surface area contributed by atoms with Gasteiger partial charge in [-0.2, -0.15) is 4.36 Å². The Labute approximate surface area is 153 Å². The number of hydrogen-bond donors (Lipinski definition) is 0. The zero-order chi connectivity index (χ0) is 18.1. The minimum atomic E-state index is -2.66. The van der Waals surface area contributed by atoms with Gasteiger partial charge in [0.05, 0.1) is 28.9 Å². The Balaban J connectivity index is 1.97. The lowest BCUT2D eigenvalue weighted by atomic mass is 9.93. The van der Waals surface area contributed by atoms with Crippen LogP contribution in [0.2, 0.25) is 0 Å². The first-order chi connectivity index (χ1) is 12.6. The second-order valence-electron chi connectivity index (χ2n) is 6.41. The molecule has 4 rings (SSSR count). The van der Waals surface area contributed by atoms with Crippen molar-refractivity contribution in [2.45, 2.75) is 17.2 Å². The molecule has 5 heteroatoms. The van der Waals surface area contributed by atoms with E-state index in [-0.39, 0.29) is 18.3 Å². The van der Waals surface area contributed by atoms with Gasteiger partial charge < -0.3 is 4.74 Å². The first kappa shape index (κ1) is 16.8. The van der Waals surface area contributed by atoms with Crippen LogP contribution in [0.25, 0.3) is 10.8 Å². The monoisotopic (exact) mass is 365 g/mol. The number of rotatable bonds is 3. The molecule has 0 unspecified atom stereocenters. The summed E-state index contributed by atoms with van der Waals surface area (Å²) in [5.74, 6) is -0.171. The molecule has 0 saturated carbocycles. The second-order valence-corrected chi connectivity index (χ2v) is 8.68. The van der Waals surface area contributed by atoms with Gasteiger partial charge in [-0.15, -0.1) is 0 Å². The van der Waals surface area contributed by atoms with Crippen LogP contribution in [-0.4, -0.2) is 23.0 Å². The molecule has 2 atom stereocenters. The van der Waals surface area contributed by atoms with Gasteiger partial charge in [-0.25, -0.2) is 4.21 Å². The molecule has 4 nitrogen and oxygen atoms in total. The average molecular weight is 365 g/mol. The lowest BCUT2D eigenvalue weighted by Crippen LogP contribution is -2.21. The standard InChI is InChI=1S/C21H19NO3S/c1-25-20(23)13-16-14-26(24,17-8-3-2-4-9-17)22-21-18-10-6-5-7-15(18)11-12-19(16)21/h2-12,16H,13-14H2,1H3/t16-,26+/m0/s1. The third-order valence-corrected chi connectivity index (χ3v) is 7.13. The summed E-state index contributed by atoms with van der Waals surface area (Å²) in [4.78, 5) is 12.7. The third-order valence-electron chi connectivity index (χ3n) is 4.79. The molecule has 1 aliphatic heterocycles. The normalized spacial score (nSPS) is 21.7. The molecule has 0 amide bonds. The predicted molar refractivity (Wildman–Crippen MR) is 103 cm³/mol. The van der Waals surface area contributed by atoms with Gasteiger partial charge in [0.1, 0.15) is 0 Å². The minimum Gasteiger partial charge on any atom is -0.469 e. The van der Waals surface area contributed by atoms with Gasteiger partial charge in [-0.1, -0.05) is 54.6 Å². The van der Waals surface area contributed by atoms with Gasteiger partial charge in [0, 0.05) is 22.0 Å². The SMILES string of the molecule is COC(=O)C[C@H]1C[S@@](=O)(c2ccccc2)=Nc2c1ccc1ccccc21. The summed E-state index contributed by atoms with van der Waals surface area (Å²) in [6.07, 6.45) is 0.196. The molecule has 26 heavy (non-hydrogen) atoms. The Hall–Kier alpha value is -2.66. The predicted octanol–water partition coefficient (Wildman–Crippen LogP) is 4.66. The molecule has 3 aromatic rings. The number of fused-ring (bicyclic) bond motifs is 3. The van der Waals surface area contributed by atoms with Crippen LogP contribution in [0, 0.1) is 0 Å². The summed E-state index contributed by atoms with van der Waals surface area (Å²) >= 11 is 0. The Morgan fingerprint density at radius 1 is 1.08 bits per heavy atom. The van der Waals surface area contributed by atoms with Crippen LogP contribution in [-0.2, 0) is 19.3 Å². The number of hydrogen-bond acceptors (Lipinski definition) is 4. The van der Waals surface area contributed by atoms with Gasteiger partial charge in [-0.05, 0) is 23.1 Å². The largest absolute Gasteiger partial charge is 0.469 e. The highest BCUT2D eigenvalue weighted by Gasteiger charge is 2.31. The fourth-order valence-corrected chi connectivity index (χ4v) is 5.78. The third kappa shape index (κ3) is 2.88. The van der Waals surface area contributed by atoms with Gasteiger partial charge in [0.2, 0.25) is 0 Å². The highest BCUT2D eigenvalue weighted by molar-refractivity contribution is 7.93. The number of carbonyl (C=O) groups is 1. The molecule has 0 saturated heterocycles. The second kappa shape index (κ2) is 6.57. The van der Waals surface area contributed by atoms with E-state index in [0.29, 0.717) is 10.6 Å². The zero-order valence-corrected chi connectivity index (χ0v) is 15.2. The molecule has 1 heterocycles. The zero-order valence-electron chi connectivity index (χ0n) is 14.4. The van der Waals surface area contributed by atoms with E-state index in [1.165, 1.54) is 7.11 Å². The van der Waals surface area contributed by atoms with Crippen molar-refractivity contribution in [2.24, 2.45) is 4.36 Å². The van der Waals surface area contributed by atoms with E-state index in [1.54, 1.807) is 0 Å². The van der Waals surface area contributed by atoms with Crippen molar-refractivity contribution < 1.29 is 13.7 Å². The van der Waals surface area contributed by atoms with Crippen LogP contribution in [0.15, 0.2) is 76.0 Å². The molecule has 0 radical (unpaired) electrons. The quantitative estimate of drug-likeness (QED) is 0.634. The number of methoxy groups -OCH3 is 1. The fourth-order valence-electron chi connectivity index (χ4n) is 3.49. The van der Waals surface area contributed by atoms with E-state index in [4.69, 9.17) is 9.10 Å². The highest BCUT2D eigenvalue weighted by atomic mass is 32.2. The maximum Gasteiger partial charge on any atom is 0.306 e. The average Bonchev–Trinajstić information content (AvgIpc) is 2.68. The first-order valence-electron chi connectivity index (χ1n) is 8.49. The summed E-state index contributed by atoms with van der Waals surface area (Å²) in [6.45, 7) is 0. The number of benzene rings is 3. The minimum absolute atomic E-state index is 0.188. The number of ether oxygens (including phenoxy) is 1. The van der Waals surface area contributed by atoms with Crippen molar-refractivity contribution in [3.63, 3.8) is 0 Å². The van der Waals surface area contributed by atoms with Crippen LogP contribution < -0.4 is 0 Å². The molecule has 132 valence electrons. The molecule has 3 aromatic carbocycles. The van der Waals surface area contributed by atoms with Gasteiger partial charge in [-0.3, -0.25) is 4.79 Å². The fraction of sp³-hybridized carbons (Fsp3) is 0.190. The van der Waals surface area contributed by atoms with Crippen LogP contribution in [0.4, 0.5) is 5.69 Å². The molecule has 0 N–H and O–H groups in total. The smallest absolute Gasteiger partial charge is 0.306 e. The van der Waals surface area contributed by atoms with E-state index in [2.05, 4.69) is 0 Å². The molecule has 0 aromatic heterocycles. The van der Waals surface area contributed by atoms with E-state index >= 15 is 0 Å². The topological polar surface area (TPSA) is 55.7 Å². The van der Waals surface area contributed by atoms with Crippen LogP contribution >= 0.6 is 0 Å². The van der Waals surface area contributed by atoms with Crippen molar-refractivity contribution >= 4 is 32.2 Å². The van der Waals surface area contributed by atoms with Gasteiger partial charge in [0.25, 0.3) is 0 Å². The molecule has 0 fully saturated rings. The summed E-state index contributed by atoms with van der Waals surface area (Å²) < 4.78 is 23.4. The summed E-state index contributed by atoms with van der Waals surface area (Å²) in [5.41, 5.74) is 1.70. The Morgan fingerprint density at radius 2 is 1.81 bits per heavy atom. The number of esters is 1. The summed E-state index contributed by atoms with van der Waals surface area (Å²) in [6, 6.07) is 21.3. The Kier molecular flexibility index (Phi) is 4.24. The van der Waals surface area contributed by atoms with Crippen LogP contribution in [0.3, 0.4) is 0 Å². The molecular formula is C21H19NO3S. The molecule has 1 aliphatic rings. The van der Waals surface area contributed by atoms with Gasteiger partial charge >= 0.3 is 5.97 Å². The van der Waals surface area contributed by atoms with E-state index in [9.17, 15) is 9.00 Å². The first-order valence-corrected chi connectivity index (χ1v) is 10.2. The van der Waals surface area contributed by atoms with Crippen molar-refractivity contribution in [3.05, 3.63) is 72.3 Å². The van der Waals surface area contributed by atoms with Crippen molar-refractivity contribution in [1.82, 2.24) is 0 Å². The van der Waals surface area contributed by atoms with Crippen molar-refractivity contribution in [3.8, 4) is 0 Å². The number of nitrogens with zero attached hydrogens (tertiary/aromatic N) is 1. The number of carbonyl (C=O) groups excluding carboxylic acids is 1. The van der Waals surface area contributed by atoms with Crippen LogP contribution in [0.1, 0.15) is 17.9 Å². The molecule has 0 spiro atoms. The maximum atomic E-state index is 13.8. The summed E-state index contributed by atoms with van der Waals surface area (Å²) in [7, 11) is -1.28. The Bertz CT molecular complexity index is 1100. The van der Waals surface area contributed by atoms with E-state index in [1.807, 2.05) is 66.7 Å². The lowest BCUT2D eigenvalue weighted by molar-refractivity contribution is -0.140. The van der Waals surface area contributed by atoms with Gasteiger partial charge in [0.15, 0.2) is 0 Å². The Morgan fingerprint density at radius 3 is 2.58 bits per heavy atom. The van der Waals surface area contributed by atoms with Crippen LogP contribution in [0.5, 0.6) is 0 Å². The molecular weight excluding hydrogens is 346 g/mol. The van der Waals surface area contributed by atoms with Crippen molar-refractivity contribution in [1.29, 1.82) is 0 Å². The lowest BCUT2D eigenvalue weighted by Gasteiger charge is -2.26. The van der Waals surface area contributed by atoms with E-state index in [0.717, 1.165) is 22.0 Å². The molecule has 0 aliphatic carbocycles. The van der Waals surface area contributed by atoms with Crippen molar-refractivity contribution in [2.75, 3.05) is 12.9 Å². The summed E-state index contributed by atoms with van der Waals surface area (Å²) in [5, 5.41) is 2.01. The maximum absolute atomic E-state index is 13.8. The van der Waals surface area contributed by atoms with E-state index < -0.39 is 9.73 Å².